The lowest BCUT2D eigenvalue weighted by molar-refractivity contribution is -0.130. The zero-order valence-electron chi connectivity index (χ0n) is 18.2. The number of likely N-dealkylation sites (N-methyl/N-ethyl adjacent to an activating group) is 1. The molecule has 0 saturated carbocycles. The van der Waals surface area contributed by atoms with Gasteiger partial charge in [0.15, 0.2) is 0 Å². The number of pyridine rings is 1. The summed E-state index contributed by atoms with van der Waals surface area (Å²) in [5.41, 5.74) is 0.789. The maximum Gasteiger partial charge on any atom is 0.244 e. The molecule has 8 nitrogen and oxygen atoms in total. The highest BCUT2D eigenvalue weighted by Gasteiger charge is 2.28. The predicted octanol–water partition coefficient (Wildman–Crippen LogP) is 1.05. The Bertz CT molecular complexity index is 1030. The highest BCUT2D eigenvalue weighted by atomic mass is 32.2. The fourth-order valence-electron chi connectivity index (χ4n) is 3.96. The Hall–Kier alpha value is -2.56. The average Bonchev–Trinajstić information content (AvgIpc) is 2.81. The molecular formula is C22H28FN5O3S. The quantitative estimate of drug-likeness (QED) is 0.663. The second kappa shape index (κ2) is 9.51. The van der Waals surface area contributed by atoms with Crippen molar-refractivity contribution in [1.29, 1.82) is 0 Å². The van der Waals surface area contributed by atoms with Gasteiger partial charge in [-0.25, -0.2) is 17.8 Å². The molecule has 0 spiro atoms. The monoisotopic (exact) mass is 461 g/mol. The molecule has 32 heavy (non-hydrogen) atoms. The van der Waals surface area contributed by atoms with Crippen LogP contribution in [0.5, 0.6) is 0 Å². The number of rotatable bonds is 5. The van der Waals surface area contributed by atoms with Gasteiger partial charge in [0.1, 0.15) is 16.5 Å². The Balaban J connectivity index is 1.33. The van der Waals surface area contributed by atoms with E-state index in [1.54, 1.807) is 29.2 Å². The van der Waals surface area contributed by atoms with Gasteiger partial charge >= 0.3 is 0 Å². The van der Waals surface area contributed by atoms with E-state index in [9.17, 15) is 17.6 Å². The number of aromatic nitrogens is 1. The molecule has 0 radical (unpaired) electrons. The summed E-state index contributed by atoms with van der Waals surface area (Å²) in [6, 6.07) is 9.33. The number of carbonyl (C=O) groups excluding carboxylic acids is 1. The van der Waals surface area contributed by atoms with Crippen LogP contribution in [0.1, 0.15) is 5.56 Å². The van der Waals surface area contributed by atoms with Crippen molar-refractivity contribution in [2.45, 2.75) is 11.3 Å². The zero-order valence-corrected chi connectivity index (χ0v) is 19.0. The van der Waals surface area contributed by atoms with Crippen molar-refractivity contribution in [2.24, 2.45) is 0 Å². The van der Waals surface area contributed by atoms with E-state index in [1.165, 1.54) is 22.6 Å². The van der Waals surface area contributed by atoms with Gasteiger partial charge in [0.2, 0.25) is 15.9 Å². The molecular weight excluding hydrogens is 433 g/mol. The van der Waals surface area contributed by atoms with Crippen LogP contribution in [0, 0.1) is 5.82 Å². The van der Waals surface area contributed by atoms with Crippen molar-refractivity contribution < 1.29 is 17.6 Å². The van der Waals surface area contributed by atoms with E-state index < -0.39 is 10.0 Å². The predicted molar refractivity (Wildman–Crippen MR) is 119 cm³/mol. The van der Waals surface area contributed by atoms with E-state index >= 15 is 0 Å². The number of sulfonamides is 1. The van der Waals surface area contributed by atoms with Gasteiger partial charge < -0.3 is 14.7 Å². The molecule has 2 aliphatic rings. The van der Waals surface area contributed by atoms with Crippen LogP contribution in [0.3, 0.4) is 0 Å². The summed E-state index contributed by atoms with van der Waals surface area (Å²) in [4.78, 5) is 23.1. The van der Waals surface area contributed by atoms with E-state index in [1.807, 2.05) is 11.9 Å². The third-order valence-electron chi connectivity index (χ3n) is 6.05. The fraction of sp³-hybridized carbons (Fsp3) is 0.455. The van der Waals surface area contributed by atoms with Crippen LogP contribution in [-0.2, 0) is 21.2 Å². The molecule has 1 amide bonds. The molecule has 2 aliphatic heterocycles. The maximum atomic E-state index is 13.0. The number of hydrogen-bond acceptors (Lipinski definition) is 6. The summed E-state index contributed by atoms with van der Waals surface area (Å²) in [5, 5.41) is 0. The third-order valence-corrected chi connectivity index (χ3v) is 7.93. The van der Waals surface area contributed by atoms with Crippen molar-refractivity contribution in [3.63, 3.8) is 0 Å². The number of piperazine rings is 2. The molecule has 0 bridgehead atoms. The number of amides is 1. The summed E-state index contributed by atoms with van der Waals surface area (Å²) in [7, 11) is -1.55. The summed E-state index contributed by atoms with van der Waals surface area (Å²) in [5.74, 6) is 0.399. The van der Waals surface area contributed by atoms with E-state index in [0.29, 0.717) is 45.1 Å². The summed E-state index contributed by atoms with van der Waals surface area (Å²) < 4.78 is 40.3. The molecule has 4 rings (SSSR count). The Morgan fingerprint density at radius 2 is 1.59 bits per heavy atom. The molecule has 3 heterocycles. The lowest BCUT2D eigenvalue weighted by Crippen LogP contribution is -2.49. The minimum absolute atomic E-state index is 0.0119. The van der Waals surface area contributed by atoms with Crippen LogP contribution in [-0.4, -0.2) is 92.8 Å². The van der Waals surface area contributed by atoms with Crippen molar-refractivity contribution in [3.05, 3.63) is 54.0 Å². The summed E-state index contributed by atoms with van der Waals surface area (Å²) in [6.45, 7) is 4.75. The van der Waals surface area contributed by atoms with E-state index in [2.05, 4.69) is 9.88 Å². The lowest BCUT2D eigenvalue weighted by atomic mass is 10.1. The largest absolute Gasteiger partial charge is 0.353 e. The summed E-state index contributed by atoms with van der Waals surface area (Å²) >= 11 is 0. The van der Waals surface area contributed by atoms with Crippen molar-refractivity contribution >= 4 is 21.7 Å². The molecule has 1 aromatic heterocycles. The van der Waals surface area contributed by atoms with E-state index in [0.717, 1.165) is 18.7 Å². The molecule has 172 valence electrons. The third kappa shape index (κ3) is 5.08. The highest BCUT2D eigenvalue weighted by molar-refractivity contribution is 7.89. The molecule has 0 unspecified atom stereocenters. The Morgan fingerprint density at radius 3 is 2.19 bits per heavy atom. The number of hydrogen-bond donors (Lipinski definition) is 0. The van der Waals surface area contributed by atoms with Crippen LogP contribution in [0.15, 0.2) is 47.5 Å². The van der Waals surface area contributed by atoms with Gasteiger partial charge in [-0.3, -0.25) is 4.79 Å². The normalized spacial score (nSPS) is 18.7. The van der Waals surface area contributed by atoms with Gasteiger partial charge in [-0.1, -0.05) is 12.1 Å². The van der Waals surface area contributed by atoms with E-state index in [-0.39, 0.29) is 23.0 Å². The minimum atomic E-state index is -3.54. The first-order valence-corrected chi connectivity index (χ1v) is 12.2. The molecule has 0 atom stereocenters. The zero-order chi connectivity index (χ0) is 22.7. The van der Waals surface area contributed by atoms with Crippen LogP contribution >= 0.6 is 0 Å². The fourth-order valence-corrected chi connectivity index (χ4v) is 5.33. The second-order valence-corrected chi connectivity index (χ2v) is 10.2. The standard InChI is InChI=1S/C22H28FN5O3S/c1-25-8-14-28(15-9-25)32(30,31)20-6-7-21(24-17-20)26-10-12-27(13-11-26)22(29)16-18-2-4-19(23)5-3-18/h2-7,17H,8-16H2,1H3. The highest BCUT2D eigenvalue weighted by Crippen LogP contribution is 2.20. The first kappa shape index (κ1) is 22.6. The second-order valence-electron chi connectivity index (χ2n) is 8.23. The number of nitrogens with zero attached hydrogens (tertiary/aromatic N) is 5. The first-order valence-electron chi connectivity index (χ1n) is 10.7. The molecule has 0 N–H and O–H groups in total. The van der Waals surface area contributed by atoms with E-state index in [4.69, 9.17) is 0 Å². The maximum absolute atomic E-state index is 13.0. The van der Waals surface area contributed by atoms with Gasteiger partial charge in [-0.05, 0) is 36.9 Å². The number of halogens is 1. The topological polar surface area (TPSA) is 77.1 Å². The molecule has 2 aromatic rings. The number of anilines is 1. The Kier molecular flexibility index (Phi) is 6.73. The van der Waals surface area contributed by atoms with Gasteiger partial charge in [0.25, 0.3) is 0 Å². The van der Waals surface area contributed by atoms with Gasteiger partial charge in [0.05, 0.1) is 6.42 Å². The van der Waals surface area contributed by atoms with Crippen molar-refractivity contribution in [3.8, 4) is 0 Å². The molecule has 2 saturated heterocycles. The summed E-state index contributed by atoms with van der Waals surface area (Å²) in [6.07, 6.45) is 1.67. The average molecular weight is 462 g/mol. The van der Waals surface area contributed by atoms with Gasteiger partial charge in [-0.2, -0.15) is 4.31 Å². The molecule has 1 aromatic carbocycles. The molecule has 2 fully saturated rings. The Labute approximate surface area is 188 Å². The molecule has 0 aliphatic carbocycles. The number of benzene rings is 1. The minimum Gasteiger partial charge on any atom is -0.353 e. The van der Waals surface area contributed by atoms with Crippen LogP contribution in [0.2, 0.25) is 0 Å². The molecule has 10 heteroatoms. The number of carbonyl (C=O) groups is 1. The first-order chi connectivity index (χ1) is 15.3. The Morgan fingerprint density at radius 1 is 0.938 bits per heavy atom. The SMILES string of the molecule is CN1CCN(S(=O)(=O)c2ccc(N3CCN(C(=O)Cc4ccc(F)cc4)CC3)nc2)CC1. The van der Waals surface area contributed by atoms with Gasteiger partial charge in [0, 0.05) is 58.6 Å². The lowest BCUT2D eigenvalue weighted by Gasteiger charge is -2.35. The van der Waals surface area contributed by atoms with Crippen molar-refractivity contribution in [2.75, 3.05) is 64.3 Å². The van der Waals surface area contributed by atoms with Crippen molar-refractivity contribution in [1.82, 2.24) is 19.1 Å². The van der Waals surface area contributed by atoms with Crippen LogP contribution in [0.4, 0.5) is 10.2 Å². The smallest absolute Gasteiger partial charge is 0.244 e. The van der Waals surface area contributed by atoms with Gasteiger partial charge in [-0.15, -0.1) is 0 Å². The van der Waals surface area contributed by atoms with Crippen LogP contribution in [0.25, 0.3) is 0 Å². The van der Waals surface area contributed by atoms with Crippen LogP contribution < -0.4 is 4.90 Å².